The summed E-state index contributed by atoms with van der Waals surface area (Å²) in [5, 5.41) is 3.36. The number of nitrogens with zero attached hydrogens (tertiary/aromatic N) is 1. The van der Waals surface area contributed by atoms with Gasteiger partial charge < -0.3 is 5.32 Å². The lowest BCUT2D eigenvalue weighted by molar-refractivity contribution is -0.126. The molecule has 1 aromatic carbocycles. The number of thiocarbonyl (C=S) groups is 1. The second-order valence-corrected chi connectivity index (χ2v) is 4.43. The van der Waals surface area contributed by atoms with Crippen LogP contribution in [0.2, 0.25) is 0 Å². The second-order valence-electron chi connectivity index (χ2n) is 4.04. The van der Waals surface area contributed by atoms with Gasteiger partial charge in [-0.15, -0.1) is 0 Å². The van der Waals surface area contributed by atoms with Crippen molar-refractivity contribution in [2.45, 2.75) is 19.4 Å². The number of carbonyl (C=O) groups excluding carboxylic acids is 1. The van der Waals surface area contributed by atoms with Crippen LogP contribution in [0, 0.1) is 5.82 Å². The van der Waals surface area contributed by atoms with Crippen molar-refractivity contribution in [2.24, 2.45) is 0 Å². The fourth-order valence-corrected chi connectivity index (χ4v) is 2.16. The van der Waals surface area contributed by atoms with E-state index in [0.717, 1.165) is 5.56 Å². The van der Waals surface area contributed by atoms with E-state index in [1.54, 1.807) is 13.0 Å². The van der Waals surface area contributed by atoms with E-state index in [9.17, 15) is 9.18 Å². The molecule has 1 saturated heterocycles. The van der Waals surface area contributed by atoms with Crippen LogP contribution in [0.25, 0.3) is 0 Å². The molecule has 1 amide bonds. The highest BCUT2D eigenvalue weighted by Gasteiger charge is 2.31. The molecular formula is C12H13FN2OS. The van der Waals surface area contributed by atoms with Crippen LogP contribution >= 0.6 is 12.2 Å². The zero-order valence-corrected chi connectivity index (χ0v) is 10.3. The lowest BCUT2D eigenvalue weighted by Gasteiger charge is -2.14. The summed E-state index contributed by atoms with van der Waals surface area (Å²) in [7, 11) is 0. The third-order valence-electron chi connectivity index (χ3n) is 2.73. The Kier molecular flexibility index (Phi) is 3.38. The first-order valence-corrected chi connectivity index (χ1v) is 5.85. The number of hydrogen-bond acceptors (Lipinski definition) is 2. The van der Waals surface area contributed by atoms with E-state index in [1.807, 2.05) is 6.07 Å². The largest absolute Gasteiger partial charge is 0.351 e. The van der Waals surface area contributed by atoms with Gasteiger partial charge in [-0.1, -0.05) is 12.1 Å². The molecule has 0 radical (unpaired) electrons. The van der Waals surface area contributed by atoms with Gasteiger partial charge in [0, 0.05) is 6.54 Å². The van der Waals surface area contributed by atoms with E-state index in [2.05, 4.69) is 5.32 Å². The zero-order valence-electron chi connectivity index (χ0n) is 9.44. The molecule has 1 aliphatic heterocycles. The van der Waals surface area contributed by atoms with Crippen LogP contribution in [0.15, 0.2) is 24.3 Å². The normalized spacial score (nSPS) is 19.6. The van der Waals surface area contributed by atoms with Gasteiger partial charge in [-0.05, 0) is 43.3 Å². The second kappa shape index (κ2) is 4.79. The van der Waals surface area contributed by atoms with Gasteiger partial charge in [0.2, 0.25) is 0 Å². The lowest BCUT2D eigenvalue weighted by Crippen LogP contribution is -2.32. The molecule has 0 aromatic heterocycles. The lowest BCUT2D eigenvalue weighted by atomic mass is 10.1. The molecule has 0 saturated carbocycles. The highest BCUT2D eigenvalue weighted by molar-refractivity contribution is 7.80. The van der Waals surface area contributed by atoms with Gasteiger partial charge in [0.05, 0.1) is 0 Å². The summed E-state index contributed by atoms with van der Waals surface area (Å²) >= 11 is 5.06. The van der Waals surface area contributed by atoms with Crippen molar-refractivity contribution in [2.75, 3.05) is 6.54 Å². The van der Waals surface area contributed by atoms with Crippen LogP contribution in [0.5, 0.6) is 0 Å². The molecule has 1 unspecified atom stereocenters. The Morgan fingerprint density at radius 2 is 2.29 bits per heavy atom. The average Bonchev–Trinajstić information content (AvgIpc) is 2.51. The summed E-state index contributed by atoms with van der Waals surface area (Å²) in [6.07, 6.45) is 0.595. The molecular weight excluding hydrogens is 239 g/mol. The Balaban J connectivity index is 1.99. The van der Waals surface area contributed by atoms with Crippen LogP contribution in [0.3, 0.4) is 0 Å². The molecule has 1 aromatic rings. The van der Waals surface area contributed by atoms with Crippen molar-refractivity contribution < 1.29 is 9.18 Å². The van der Waals surface area contributed by atoms with Gasteiger partial charge in [-0.25, -0.2) is 4.39 Å². The summed E-state index contributed by atoms with van der Waals surface area (Å²) in [6, 6.07) is 6.12. The van der Waals surface area contributed by atoms with Gasteiger partial charge in [0.1, 0.15) is 11.9 Å². The third-order valence-corrected chi connectivity index (χ3v) is 3.07. The Labute approximate surface area is 105 Å². The predicted octanol–water partition coefficient (Wildman–Crippen LogP) is 1.47. The van der Waals surface area contributed by atoms with Gasteiger partial charge in [-0.3, -0.25) is 9.69 Å². The van der Waals surface area contributed by atoms with Crippen molar-refractivity contribution in [3.8, 4) is 0 Å². The minimum absolute atomic E-state index is 0.0218. The molecule has 1 atom stereocenters. The number of amides is 1. The van der Waals surface area contributed by atoms with E-state index >= 15 is 0 Å². The van der Waals surface area contributed by atoms with Crippen LogP contribution in [0.1, 0.15) is 12.5 Å². The molecule has 17 heavy (non-hydrogen) atoms. The fraction of sp³-hybridized carbons (Fsp3) is 0.333. The summed E-state index contributed by atoms with van der Waals surface area (Å²) in [6.45, 7) is 2.26. The van der Waals surface area contributed by atoms with Crippen molar-refractivity contribution in [1.82, 2.24) is 10.2 Å². The van der Waals surface area contributed by atoms with Gasteiger partial charge in [0.15, 0.2) is 5.11 Å². The van der Waals surface area contributed by atoms with E-state index in [1.165, 1.54) is 17.0 Å². The molecule has 1 N–H and O–H groups in total. The molecule has 1 heterocycles. The average molecular weight is 252 g/mol. The minimum atomic E-state index is -0.260. The van der Waals surface area contributed by atoms with Crippen molar-refractivity contribution in [3.63, 3.8) is 0 Å². The van der Waals surface area contributed by atoms with Gasteiger partial charge >= 0.3 is 0 Å². The van der Waals surface area contributed by atoms with E-state index in [4.69, 9.17) is 12.2 Å². The number of nitrogens with one attached hydrogen (secondary N) is 1. The van der Waals surface area contributed by atoms with E-state index in [0.29, 0.717) is 18.1 Å². The first-order chi connectivity index (χ1) is 8.08. The number of carbonyl (C=O) groups is 1. The first kappa shape index (κ1) is 12.0. The molecule has 0 bridgehead atoms. The molecule has 0 spiro atoms. The molecule has 3 nitrogen and oxygen atoms in total. The maximum Gasteiger partial charge on any atom is 0.251 e. The Bertz CT molecular complexity index is 464. The van der Waals surface area contributed by atoms with Crippen molar-refractivity contribution in [3.05, 3.63) is 35.6 Å². The summed E-state index contributed by atoms with van der Waals surface area (Å²) in [5.74, 6) is -0.282. The van der Waals surface area contributed by atoms with Crippen LogP contribution in [-0.4, -0.2) is 28.5 Å². The monoisotopic (exact) mass is 252 g/mol. The van der Waals surface area contributed by atoms with Gasteiger partial charge in [0.25, 0.3) is 5.91 Å². The van der Waals surface area contributed by atoms with E-state index in [-0.39, 0.29) is 17.8 Å². The molecule has 90 valence electrons. The maximum atomic E-state index is 13.0. The topological polar surface area (TPSA) is 32.3 Å². The highest BCUT2D eigenvalue weighted by Crippen LogP contribution is 2.09. The maximum absolute atomic E-state index is 13.0. The minimum Gasteiger partial charge on any atom is -0.351 e. The summed E-state index contributed by atoms with van der Waals surface area (Å²) < 4.78 is 13.0. The van der Waals surface area contributed by atoms with Crippen molar-refractivity contribution >= 4 is 23.2 Å². The Morgan fingerprint density at radius 1 is 1.53 bits per heavy atom. The molecule has 1 aliphatic rings. The molecule has 0 aliphatic carbocycles. The predicted molar refractivity (Wildman–Crippen MR) is 67.0 cm³/mol. The van der Waals surface area contributed by atoms with Crippen LogP contribution in [-0.2, 0) is 11.2 Å². The number of benzene rings is 1. The van der Waals surface area contributed by atoms with Gasteiger partial charge in [-0.2, -0.15) is 0 Å². The number of halogens is 1. The first-order valence-electron chi connectivity index (χ1n) is 5.44. The Hall–Kier alpha value is -1.49. The van der Waals surface area contributed by atoms with Crippen LogP contribution in [0.4, 0.5) is 4.39 Å². The standard InChI is InChI=1S/C12H13FN2OS/c1-8-11(16)15(12(17)14-8)6-5-9-3-2-4-10(13)7-9/h2-4,7-8H,5-6H2,1H3,(H,14,17). The quantitative estimate of drug-likeness (QED) is 0.827. The zero-order chi connectivity index (χ0) is 12.4. The number of hydrogen-bond donors (Lipinski definition) is 1. The highest BCUT2D eigenvalue weighted by atomic mass is 32.1. The van der Waals surface area contributed by atoms with Crippen LogP contribution < -0.4 is 5.32 Å². The van der Waals surface area contributed by atoms with Crippen molar-refractivity contribution in [1.29, 1.82) is 0 Å². The molecule has 5 heteroatoms. The third kappa shape index (κ3) is 2.61. The Morgan fingerprint density at radius 3 is 2.88 bits per heavy atom. The van der Waals surface area contributed by atoms with E-state index < -0.39 is 0 Å². The molecule has 2 rings (SSSR count). The molecule has 1 fully saturated rings. The SMILES string of the molecule is CC1NC(=S)N(CCc2cccc(F)c2)C1=O. The summed E-state index contributed by atoms with van der Waals surface area (Å²) in [5.41, 5.74) is 0.861. The smallest absolute Gasteiger partial charge is 0.251 e. The summed E-state index contributed by atoms with van der Waals surface area (Å²) in [4.78, 5) is 13.2. The number of rotatable bonds is 3. The fourth-order valence-electron chi connectivity index (χ4n) is 1.80.